The topological polar surface area (TPSA) is 37.4 Å². The molecule has 1 aliphatic rings. The zero-order valence-electron chi connectivity index (χ0n) is 9.49. The van der Waals surface area contributed by atoms with Gasteiger partial charge >= 0.3 is 0 Å². The summed E-state index contributed by atoms with van der Waals surface area (Å²) in [5.41, 5.74) is 1.49. The van der Waals surface area contributed by atoms with Crippen LogP contribution in [0.2, 0.25) is 0 Å². The maximum absolute atomic E-state index is 11.8. The molecule has 0 saturated carbocycles. The van der Waals surface area contributed by atoms with Crippen molar-refractivity contribution in [3.8, 4) is 0 Å². The minimum absolute atomic E-state index is 0.0382. The molecule has 4 heteroatoms. The third-order valence-electron chi connectivity index (χ3n) is 2.92. The lowest BCUT2D eigenvalue weighted by Gasteiger charge is -2.27. The maximum Gasteiger partial charge on any atom is 0.226 e. The van der Waals surface area contributed by atoms with Crippen molar-refractivity contribution in [2.24, 2.45) is 0 Å². The van der Waals surface area contributed by atoms with Gasteiger partial charge in [-0.1, -0.05) is 28.1 Å². The number of carbonyl (C=O) groups is 2. The molecule has 1 heterocycles. The van der Waals surface area contributed by atoms with Crippen molar-refractivity contribution >= 4 is 33.3 Å². The van der Waals surface area contributed by atoms with E-state index in [1.54, 1.807) is 17.0 Å². The number of halogens is 1. The number of benzene rings is 1. The van der Waals surface area contributed by atoms with E-state index in [-0.39, 0.29) is 11.7 Å². The van der Waals surface area contributed by atoms with Gasteiger partial charge in [0.25, 0.3) is 0 Å². The second kappa shape index (κ2) is 5.45. The molecule has 1 saturated heterocycles. The van der Waals surface area contributed by atoms with Gasteiger partial charge < -0.3 is 4.90 Å². The molecule has 2 rings (SSSR count). The van der Waals surface area contributed by atoms with Crippen molar-refractivity contribution in [3.05, 3.63) is 29.8 Å². The summed E-state index contributed by atoms with van der Waals surface area (Å²) >= 11 is 3.15. The Morgan fingerprint density at radius 3 is 2.88 bits per heavy atom. The molecule has 0 atom stereocenters. The van der Waals surface area contributed by atoms with Crippen LogP contribution in [-0.2, 0) is 4.79 Å². The number of carbonyl (C=O) groups excluding carboxylic acids is 2. The van der Waals surface area contributed by atoms with Crippen molar-refractivity contribution in [1.29, 1.82) is 0 Å². The molecule has 0 unspecified atom stereocenters. The second-order valence-corrected chi connectivity index (χ2v) is 4.67. The van der Waals surface area contributed by atoms with E-state index in [0.717, 1.165) is 25.1 Å². The number of hydrogen-bond donors (Lipinski definition) is 0. The van der Waals surface area contributed by atoms with E-state index in [2.05, 4.69) is 15.9 Å². The Labute approximate surface area is 109 Å². The number of alkyl halides is 1. The van der Waals surface area contributed by atoms with Gasteiger partial charge in [0, 0.05) is 24.2 Å². The van der Waals surface area contributed by atoms with Crippen LogP contribution >= 0.6 is 15.9 Å². The van der Waals surface area contributed by atoms with Crippen LogP contribution in [0.3, 0.4) is 0 Å². The highest BCUT2D eigenvalue weighted by molar-refractivity contribution is 9.09. The summed E-state index contributed by atoms with van der Waals surface area (Å²) in [6.45, 7) is 0.755. The summed E-state index contributed by atoms with van der Waals surface area (Å²) in [7, 11) is 0. The van der Waals surface area contributed by atoms with E-state index in [1.165, 1.54) is 0 Å². The first-order valence-corrected chi connectivity index (χ1v) is 6.84. The van der Waals surface area contributed by atoms with E-state index in [1.807, 2.05) is 12.1 Å². The first-order valence-electron chi connectivity index (χ1n) is 5.72. The van der Waals surface area contributed by atoms with Crippen molar-refractivity contribution in [2.75, 3.05) is 16.8 Å². The lowest BCUT2D eigenvalue weighted by atomic mass is 10.1. The Hall–Kier alpha value is -1.16. The van der Waals surface area contributed by atoms with Gasteiger partial charge in [0.05, 0.1) is 5.33 Å². The summed E-state index contributed by atoms with van der Waals surface area (Å²) < 4.78 is 0. The smallest absolute Gasteiger partial charge is 0.226 e. The van der Waals surface area contributed by atoms with E-state index in [0.29, 0.717) is 17.3 Å². The van der Waals surface area contributed by atoms with Crippen molar-refractivity contribution in [1.82, 2.24) is 0 Å². The number of nitrogens with zero attached hydrogens (tertiary/aromatic N) is 1. The molecule has 0 spiro atoms. The molecule has 0 aliphatic carbocycles. The van der Waals surface area contributed by atoms with E-state index < -0.39 is 0 Å². The average molecular weight is 296 g/mol. The van der Waals surface area contributed by atoms with E-state index >= 15 is 0 Å². The molecular formula is C13H14BrNO2. The summed E-state index contributed by atoms with van der Waals surface area (Å²) in [5, 5.41) is 0.310. The Kier molecular flexibility index (Phi) is 3.94. The first-order chi connectivity index (χ1) is 8.22. The lowest BCUT2D eigenvalue weighted by Crippen LogP contribution is -2.35. The molecule has 0 radical (unpaired) electrons. The lowest BCUT2D eigenvalue weighted by molar-refractivity contribution is -0.119. The summed E-state index contributed by atoms with van der Waals surface area (Å²) in [4.78, 5) is 25.1. The van der Waals surface area contributed by atoms with Gasteiger partial charge in [0.2, 0.25) is 5.91 Å². The fourth-order valence-electron chi connectivity index (χ4n) is 2.00. The summed E-state index contributed by atoms with van der Waals surface area (Å²) in [6.07, 6.45) is 2.61. The molecule has 3 nitrogen and oxygen atoms in total. The average Bonchev–Trinajstić information content (AvgIpc) is 2.38. The van der Waals surface area contributed by atoms with Crippen LogP contribution < -0.4 is 4.90 Å². The van der Waals surface area contributed by atoms with Gasteiger partial charge in [0.1, 0.15) is 0 Å². The van der Waals surface area contributed by atoms with Gasteiger partial charge in [0.15, 0.2) is 5.78 Å². The Balaban J connectivity index is 2.26. The standard InChI is InChI=1S/C13H14BrNO2/c14-9-12(16)10-4-3-5-11(8-10)15-7-2-1-6-13(15)17/h3-5,8H,1-2,6-7,9H2. The fourth-order valence-corrected chi connectivity index (χ4v) is 2.33. The van der Waals surface area contributed by atoms with Crippen molar-refractivity contribution in [3.63, 3.8) is 0 Å². The van der Waals surface area contributed by atoms with Gasteiger partial charge in [-0.15, -0.1) is 0 Å². The van der Waals surface area contributed by atoms with Crippen LogP contribution in [0, 0.1) is 0 Å². The number of anilines is 1. The van der Waals surface area contributed by atoms with E-state index in [4.69, 9.17) is 0 Å². The molecule has 1 aromatic rings. The maximum atomic E-state index is 11.8. The molecule has 0 N–H and O–H groups in total. The Morgan fingerprint density at radius 2 is 2.18 bits per heavy atom. The van der Waals surface area contributed by atoms with E-state index in [9.17, 15) is 9.59 Å². The van der Waals surface area contributed by atoms with Gasteiger partial charge in [-0.05, 0) is 25.0 Å². The zero-order chi connectivity index (χ0) is 12.3. The first kappa shape index (κ1) is 12.3. The van der Waals surface area contributed by atoms with Crippen LogP contribution in [-0.4, -0.2) is 23.6 Å². The molecule has 1 fully saturated rings. The van der Waals surface area contributed by atoms with Crippen LogP contribution in [0.15, 0.2) is 24.3 Å². The number of Topliss-reactive ketones (excluding diaryl/α,β-unsaturated/α-hetero) is 1. The van der Waals surface area contributed by atoms with Crippen LogP contribution in [0.4, 0.5) is 5.69 Å². The molecule has 90 valence electrons. The number of amides is 1. The highest BCUT2D eigenvalue weighted by atomic mass is 79.9. The Morgan fingerprint density at radius 1 is 1.35 bits per heavy atom. The fraction of sp³-hybridized carbons (Fsp3) is 0.385. The monoisotopic (exact) mass is 295 g/mol. The number of hydrogen-bond acceptors (Lipinski definition) is 2. The quantitative estimate of drug-likeness (QED) is 0.635. The molecule has 17 heavy (non-hydrogen) atoms. The number of ketones is 1. The summed E-state index contributed by atoms with van der Waals surface area (Å²) in [5.74, 6) is 0.191. The normalized spacial score (nSPS) is 16.1. The van der Waals surface area contributed by atoms with Crippen molar-refractivity contribution < 1.29 is 9.59 Å². The third-order valence-corrected chi connectivity index (χ3v) is 3.43. The molecule has 0 aromatic heterocycles. The molecule has 1 aliphatic heterocycles. The predicted molar refractivity (Wildman–Crippen MR) is 70.8 cm³/mol. The minimum atomic E-state index is 0.0382. The Bertz CT molecular complexity index is 445. The van der Waals surface area contributed by atoms with Crippen LogP contribution in [0.5, 0.6) is 0 Å². The minimum Gasteiger partial charge on any atom is -0.312 e. The van der Waals surface area contributed by atoms with Crippen LogP contribution in [0.1, 0.15) is 29.6 Å². The predicted octanol–water partition coefficient (Wildman–Crippen LogP) is 2.78. The zero-order valence-corrected chi connectivity index (χ0v) is 11.1. The summed E-state index contributed by atoms with van der Waals surface area (Å²) in [6, 6.07) is 7.29. The second-order valence-electron chi connectivity index (χ2n) is 4.11. The van der Waals surface area contributed by atoms with Gasteiger partial charge in [-0.2, -0.15) is 0 Å². The SMILES string of the molecule is O=C(CBr)c1cccc(N2CCCCC2=O)c1. The van der Waals surface area contributed by atoms with Crippen LogP contribution in [0.25, 0.3) is 0 Å². The van der Waals surface area contributed by atoms with Gasteiger partial charge in [-0.3, -0.25) is 9.59 Å². The number of piperidine rings is 1. The molecule has 0 bridgehead atoms. The number of rotatable bonds is 3. The third kappa shape index (κ3) is 2.75. The molecular weight excluding hydrogens is 282 g/mol. The molecule has 1 aromatic carbocycles. The van der Waals surface area contributed by atoms with Gasteiger partial charge in [-0.25, -0.2) is 0 Å². The highest BCUT2D eigenvalue weighted by Gasteiger charge is 2.20. The highest BCUT2D eigenvalue weighted by Crippen LogP contribution is 2.22. The van der Waals surface area contributed by atoms with Crippen molar-refractivity contribution in [2.45, 2.75) is 19.3 Å². The largest absolute Gasteiger partial charge is 0.312 e. The molecule has 1 amide bonds.